The van der Waals surface area contributed by atoms with Gasteiger partial charge in [-0.25, -0.2) is 0 Å². The standard InChI is InChI=1S/C24H35N3O5/c1-6-22(28)25-18-9-10-19-20(11-18)32-14-16(3)27(23(29)17-7-8-17)12-15(2)21(31-5)13-26(4)24(19)30/h9-11,15-17,21H,6-8,12-14H2,1-5H3,(H,25,28)/t15-,16-,21-/m1/s1. The second kappa shape index (κ2) is 10.3. The maximum atomic E-state index is 13.2. The topological polar surface area (TPSA) is 88.2 Å². The molecule has 8 heteroatoms. The molecule has 3 rings (SSSR count). The van der Waals surface area contributed by atoms with Crippen molar-refractivity contribution in [2.24, 2.45) is 11.8 Å². The second-order valence-corrected chi connectivity index (χ2v) is 8.97. The molecule has 0 radical (unpaired) electrons. The van der Waals surface area contributed by atoms with Crippen LogP contribution < -0.4 is 10.1 Å². The van der Waals surface area contributed by atoms with Gasteiger partial charge in [-0.2, -0.15) is 0 Å². The lowest BCUT2D eigenvalue weighted by Crippen LogP contribution is -2.49. The minimum Gasteiger partial charge on any atom is -0.491 e. The maximum Gasteiger partial charge on any atom is 0.257 e. The van der Waals surface area contributed by atoms with E-state index >= 15 is 0 Å². The monoisotopic (exact) mass is 445 g/mol. The van der Waals surface area contributed by atoms with Gasteiger partial charge in [0.25, 0.3) is 5.91 Å². The van der Waals surface area contributed by atoms with Crippen LogP contribution in [-0.4, -0.2) is 73.5 Å². The summed E-state index contributed by atoms with van der Waals surface area (Å²) in [6.45, 7) is 6.98. The number of nitrogens with one attached hydrogen (secondary N) is 1. The molecule has 1 aromatic carbocycles. The first-order valence-corrected chi connectivity index (χ1v) is 11.4. The maximum absolute atomic E-state index is 13.2. The Kier molecular flexibility index (Phi) is 7.77. The molecule has 32 heavy (non-hydrogen) atoms. The predicted octanol–water partition coefficient (Wildman–Crippen LogP) is 2.78. The van der Waals surface area contributed by atoms with E-state index in [1.165, 1.54) is 0 Å². The van der Waals surface area contributed by atoms with E-state index in [9.17, 15) is 14.4 Å². The van der Waals surface area contributed by atoms with Crippen molar-refractivity contribution in [2.75, 3.05) is 39.2 Å². The van der Waals surface area contributed by atoms with Crippen molar-refractivity contribution in [3.8, 4) is 5.75 Å². The van der Waals surface area contributed by atoms with E-state index < -0.39 is 0 Å². The first kappa shape index (κ1) is 24.0. The molecule has 0 unspecified atom stereocenters. The van der Waals surface area contributed by atoms with E-state index in [1.807, 2.05) is 11.8 Å². The fourth-order valence-electron chi connectivity index (χ4n) is 3.97. The Morgan fingerprint density at radius 1 is 1.22 bits per heavy atom. The Balaban J connectivity index is 1.94. The Morgan fingerprint density at radius 2 is 1.94 bits per heavy atom. The lowest BCUT2D eigenvalue weighted by atomic mass is 10.0. The summed E-state index contributed by atoms with van der Waals surface area (Å²) >= 11 is 0. The molecule has 1 saturated carbocycles. The highest BCUT2D eigenvalue weighted by molar-refractivity contribution is 5.98. The van der Waals surface area contributed by atoms with E-state index in [4.69, 9.17) is 9.47 Å². The number of rotatable bonds is 4. The zero-order valence-corrected chi connectivity index (χ0v) is 19.7. The summed E-state index contributed by atoms with van der Waals surface area (Å²) in [5, 5.41) is 2.81. The summed E-state index contributed by atoms with van der Waals surface area (Å²) in [4.78, 5) is 41.6. The molecule has 1 aliphatic carbocycles. The predicted molar refractivity (Wildman–Crippen MR) is 122 cm³/mol. The van der Waals surface area contributed by atoms with Crippen molar-refractivity contribution in [3.63, 3.8) is 0 Å². The molecule has 176 valence electrons. The van der Waals surface area contributed by atoms with Gasteiger partial charge in [0.05, 0.1) is 17.7 Å². The summed E-state index contributed by atoms with van der Waals surface area (Å²) < 4.78 is 11.8. The number of methoxy groups -OCH3 is 1. The van der Waals surface area contributed by atoms with Crippen LogP contribution in [0.15, 0.2) is 18.2 Å². The summed E-state index contributed by atoms with van der Waals surface area (Å²) in [7, 11) is 3.38. The van der Waals surface area contributed by atoms with Crippen molar-refractivity contribution in [3.05, 3.63) is 23.8 Å². The Hall–Kier alpha value is -2.61. The lowest BCUT2D eigenvalue weighted by Gasteiger charge is -2.36. The SMILES string of the molecule is CCC(=O)Nc1ccc2c(c1)OC[C@@H](C)N(C(=O)C1CC1)C[C@@H](C)[C@H](OC)CN(C)C2=O. The third kappa shape index (κ3) is 5.59. The highest BCUT2D eigenvalue weighted by Crippen LogP contribution is 2.33. The summed E-state index contributed by atoms with van der Waals surface area (Å²) in [6, 6.07) is 4.89. The first-order valence-electron chi connectivity index (χ1n) is 11.4. The smallest absolute Gasteiger partial charge is 0.257 e. The highest BCUT2D eigenvalue weighted by atomic mass is 16.5. The molecule has 1 aromatic rings. The minimum atomic E-state index is -0.211. The highest BCUT2D eigenvalue weighted by Gasteiger charge is 2.37. The zero-order valence-electron chi connectivity index (χ0n) is 19.7. The third-order valence-electron chi connectivity index (χ3n) is 6.26. The largest absolute Gasteiger partial charge is 0.491 e. The molecular weight excluding hydrogens is 410 g/mol. The second-order valence-electron chi connectivity index (χ2n) is 8.97. The van der Waals surface area contributed by atoms with Gasteiger partial charge in [0, 0.05) is 57.3 Å². The van der Waals surface area contributed by atoms with Crippen LogP contribution in [0.1, 0.15) is 50.4 Å². The van der Waals surface area contributed by atoms with Gasteiger partial charge in [-0.05, 0) is 31.9 Å². The van der Waals surface area contributed by atoms with Gasteiger partial charge in [0.15, 0.2) is 0 Å². The van der Waals surface area contributed by atoms with E-state index in [0.29, 0.717) is 36.5 Å². The van der Waals surface area contributed by atoms with Crippen LogP contribution in [0.5, 0.6) is 5.75 Å². The van der Waals surface area contributed by atoms with Gasteiger partial charge in [-0.15, -0.1) is 0 Å². The number of likely N-dealkylation sites (N-methyl/N-ethyl adjacent to an activating group) is 1. The average molecular weight is 446 g/mol. The van der Waals surface area contributed by atoms with Crippen LogP contribution in [0.2, 0.25) is 0 Å². The zero-order chi connectivity index (χ0) is 23.4. The van der Waals surface area contributed by atoms with Crippen molar-refractivity contribution in [2.45, 2.75) is 52.2 Å². The molecule has 3 atom stereocenters. The van der Waals surface area contributed by atoms with Crippen molar-refractivity contribution in [1.29, 1.82) is 0 Å². The van der Waals surface area contributed by atoms with Gasteiger partial charge in [0.1, 0.15) is 12.4 Å². The van der Waals surface area contributed by atoms with Gasteiger partial charge >= 0.3 is 0 Å². The lowest BCUT2D eigenvalue weighted by molar-refractivity contribution is -0.136. The number of nitrogens with zero attached hydrogens (tertiary/aromatic N) is 2. The van der Waals surface area contributed by atoms with Gasteiger partial charge < -0.3 is 24.6 Å². The van der Waals surface area contributed by atoms with Crippen LogP contribution in [-0.2, 0) is 14.3 Å². The molecule has 2 aliphatic rings. The molecular formula is C24H35N3O5. The molecule has 1 heterocycles. The van der Waals surface area contributed by atoms with Crippen molar-refractivity contribution >= 4 is 23.4 Å². The molecule has 0 saturated heterocycles. The number of amides is 3. The number of fused-ring (bicyclic) bond motifs is 1. The number of carbonyl (C=O) groups excluding carboxylic acids is 3. The van der Waals surface area contributed by atoms with E-state index in [0.717, 1.165) is 12.8 Å². The molecule has 8 nitrogen and oxygen atoms in total. The number of hydrogen-bond acceptors (Lipinski definition) is 5. The molecule has 3 amide bonds. The van der Waals surface area contributed by atoms with Crippen molar-refractivity contribution < 1.29 is 23.9 Å². The number of carbonyl (C=O) groups is 3. The third-order valence-corrected chi connectivity index (χ3v) is 6.26. The number of anilines is 1. The van der Waals surface area contributed by atoms with Gasteiger partial charge in [0.2, 0.25) is 11.8 Å². The average Bonchev–Trinajstić information content (AvgIpc) is 3.63. The summed E-state index contributed by atoms with van der Waals surface area (Å²) in [5.74, 6) is 0.407. The van der Waals surface area contributed by atoms with Crippen LogP contribution in [0.25, 0.3) is 0 Å². The van der Waals surface area contributed by atoms with Crippen LogP contribution in [0.3, 0.4) is 0 Å². The normalized spacial score (nSPS) is 24.7. The number of benzene rings is 1. The first-order chi connectivity index (χ1) is 15.2. The Bertz CT molecular complexity index is 854. The molecule has 0 aromatic heterocycles. The Morgan fingerprint density at radius 3 is 2.56 bits per heavy atom. The Labute approximate surface area is 190 Å². The molecule has 0 spiro atoms. The minimum absolute atomic E-state index is 0.0472. The fraction of sp³-hybridized carbons (Fsp3) is 0.625. The summed E-state index contributed by atoms with van der Waals surface area (Å²) in [5.41, 5.74) is 0.984. The van der Waals surface area contributed by atoms with Crippen molar-refractivity contribution in [1.82, 2.24) is 9.80 Å². The van der Waals surface area contributed by atoms with Crippen LogP contribution >= 0.6 is 0 Å². The summed E-state index contributed by atoms with van der Waals surface area (Å²) in [6.07, 6.45) is 2.01. The molecule has 0 bridgehead atoms. The van der Waals surface area contributed by atoms with Crippen LogP contribution in [0, 0.1) is 11.8 Å². The fourth-order valence-corrected chi connectivity index (χ4v) is 3.97. The van der Waals surface area contributed by atoms with E-state index in [-0.39, 0.29) is 48.3 Å². The quantitative estimate of drug-likeness (QED) is 0.770. The molecule has 1 aliphatic heterocycles. The van der Waals surface area contributed by atoms with Gasteiger partial charge in [-0.1, -0.05) is 13.8 Å². The van der Waals surface area contributed by atoms with Crippen LogP contribution in [0.4, 0.5) is 5.69 Å². The van der Waals surface area contributed by atoms with E-state index in [1.54, 1.807) is 44.2 Å². The number of hydrogen-bond donors (Lipinski definition) is 1. The van der Waals surface area contributed by atoms with Gasteiger partial charge in [-0.3, -0.25) is 14.4 Å². The molecule has 1 N–H and O–H groups in total. The van der Waals surface area contributed by atoms with E-state index in [2.05, 4.69) is 12.2 Å². The molecule has 1 fully saturated rings. The number of ether oxygens (including phenoxy) is 2.